The molecule has 0 atom stereocenters. The zero-order valence-corrected chi connectivity index (χ0v) is 14.9. The molecule has 0 radical (unpaired) electrons. The molecule has 1 fully saturated rings. The third-order valence-corrected chi connectivity index (χ3v) is 6.00. The Bertz CT molecular complexity index is 581. The smallest absolute Gasteiger partial charge is 0.421 e. The predicted molar refractivity (Wildman–Crippen MR) is 75.2 cm³/mol. The molecule has 0 aromatic carbocycles. The van der Waals surface area contributed by atoms with Gasteiger partial charge in [0.25, 0.3) is 0 Å². The molecule has 0 bridgehead atoms. The van der Waals surface area contributed by atoms with Gasteiger partial charge in [0.1, 0.15) is 6.54 Å². The van der Waals surface area contributed by atoms with Gasteiger partial charge in [0.15, 0.2) is 20.0 Å². The fraction of sp³-hybridized carbons (Fsp3) is 1.00. The van der Waals surface area contributed by atoms with E-state index in [9.17, 15) is 43.2 Å². The Hall–Kier alpha value is -0.640. The van der Waals surface area contributed by atoms with Gasteiger partial charge in [0.05, 0.1) is 26.7 Å². The fourth-order valence-corrected chi connectivity index (χ4v) is 3.56. The highest BCUT2D eigenvalue weighted by Crippen LogP contribution is 2.36. The average molecular weight is 424 g/mol. The zero-order chi connectivity index (χ0) is 20.2. The molecule has 0 saturated carbocycles. The van der Waals surface area contributed by atoms with Gasteiger partial charge in [-0.1, -0.05) is 0 Å². The van der Waals surface area contributed by atoms with Crippen LogP contribution in [0.15, 0.2) is 0 Å². The minimum atomic E-state index is -6.72. The lowest BCUT2D eigenvalue weighted by Crippen LogP contribution is -2.43. The molecule has 25 heavy (non-hydrogen) atoms. The molecular formula is C10H18F6N2O5S2. The topological polar surface area (TPSA) is 91.6 Å². The Balaban J connectivity index is 0.000000496. The van der Waals surface area contributed by atoms with E-state index in [1.807, 2.05) is 0 Å². The summed E-state index contributed by atoms with van der Waals surface area (Å²) in [4.78, 5) is 0. The van der Waals surface area contributed by atoms with Crippen molar-refractivity contribution < 1.29 is 52.4 Å². The average Bonchev–Trinajstić information content (AvgIpc) is 2.81. The van der Waals surface area contributed by atoms with Crippen LogP contribution in [-0.2, 0) is 24.8 Å². The van der Waals surface area contributed by atoms with Crippen LogP contribution >= 0.6 is 0 Å². The van der Waals surface area contributed by atoms with E-state index in [1.54, 1.807) is 7.11 Å². The molecule has 7 nitrogen and oxygen atoms in total. The number of hydrogen-bond acceptors (Lipinski definition) is 5. The van der Waals surface area contributed by atoms with Crippen molar-refractivity contribution >= 4 is 20.0 Å². The second kappa shape index (κ2) is 8.37. The second-order valence-electron chi connectivity index (χ2n) is 5.41. The molecule has 0 amide bonds. The van der Waals surface area contributed by atoms with Gasteiger partial charge in [0, 0.05) is 20.0 Å². The lowest BCUT2D eigenvalue weighted by molar-refractivity contribution is -0.897. The Morgan fingerprint density at radius 3 is 1.56 bits per heavy atom. The number of likely N-dealkylation sites (tertiary alicyclic amines) is 1. The number of hydrogen-bond donors (Lipinski definition) is 0. The van der Waals surface area contributed by atoms with E-state index >= 15 is 0 Å². The molecule has 15 heteroatoms. The van der Waals surface area contributed by atoms with Crippen LogP contribution in [0.1, 0.15) is 12.8 Å². The number of ether oxygens (including phenoxy) is 1. The lowest BCUT2D eigenvalue weighted by atomic mass is 10.4. The molecule has 1 saturated heterocycles. The van der Waals surface area contributed by atoms with Gasteiger partial charge in [-0.05, 0) is 0 Å². The fourth-order valence-electron chi connectivity index (χ4n) is 1.85. The van der Waals surface area contributed by atoms with Gasteiger partial charge in [-0.25, -0.2) is 16.8 Å². The van der Waals surface area contributed by atoms with Crippen LogP contribution in [0.5, 0.6) is 0 Å². The van der Waals surface area contributed by atoms with E-state index in [-0.39, 0.29) is 0 Å². The summed E-state index contributed by atoms with van der Waals surface area (Å²) in [5.74, 6) is 0. The molecule has 0 N–H and O–H groups in total. The molecule has 1 rings (SSSR count). The van der Waals surface area contributed by atoms with Crippen molar-refractivity contribution in [2.75, 3.05) is 40.4 Å². The number of nitrogens with zero attached hydrogens (tertiary/aromatic N) is 2. The highest BCUT2D eigenvalue weighted by atomic mass is 32.3. The lowest BCUT2D eigenvalue weighted by Gasteiger charge is -2.28. The van der Waals surface area contributed by atoms with Gasteiger partial charge in [-0.2, -0.15) is 26.3 Å². The maximum Gasteiger partial charge on any atom is 0.480 e. The van der Waals surface area contributed by atoms with Crippen molar-refractivity contribution in [3.63, 3.8) is 0 Å². The first-order valence-electron chi connectivity index (χ1n) is 6.67. The SMILES string of the molecule is COCC[N+]1(C)CCCC1.O=S(=O)([N-]S(=O)(=O)C(F)(F)F)C(F)(F)F. The van der Waals surface area contributed by atoms with Crippen LogP contribution < -0.4 is 0 Å². The Labute approximate surface area is 141 Å². The van der Waals surface area contributed by atoms with E-state index in [2.05, 4.69) is 7.05 Å². The van der Waals surface area contributed by atoms with Crippen LogP contribution in [0.25, 0.3) is 4.13 Å². The highest BCUT2D eigenvalue weighted by molar-refractivity contribution is 8.13. The molecule has 0 unspecified atom stereocenters. The molecule has 1 aliphatic heterocycles. The monoisotopic (exact) mass is 424 g/mol. The number of quaternary nitrogens is 1. The third kappa shape index (κ3) is 7.64. The number of rotatable bonds is 5. The normalized spacial score (nSPS) is 18.6. The van der Waals surface area contributed by atoms with E-state index in [1.165, 1.54) is 37.0 Å². The van der Waals surface area contributed by atoms with Gasteiger partial charge < -0.3 is 13.3 Å². The largest absolute Gasteiger partial charge is 0.480 e. The second-order valence-corrected chi connectivity index (χ2v) is 8.83. The van der Waals surface area contributed by atoms with Crippen molar-refractivity contribution in [1.29, 1.82) is 0 Å². The summed E-state index contributed by atoms with van der Waals surface area (Å²) in [6, 6.07) is 0. The Morgan fingerprint density at radius 1 is 0.920 bits per heavy atom. The molecule has 1 heterocycles. The summed E-state index contributed by atoms with van der Waals surface area (Å²) in [7, 11) is -9.34. The van der Waals surface area contributed by atoms with Crippen molar-refractivity contribution in [3.8, 4) is 0 Å². The van der Waals surface area contributed by atoms with Gasteiger partial charge >= 0.3 is 11.0 Å². The molecule has 0 aromatic rings. The van der Waals surface area contributed by atoms with Crippen LogP contribution in [0.3, 0.4) is 0 Å². The number of likely N-dealkylation sites (N-methyl/N-ethyl adjacent to an activating group) is 1. The van der Waals surface area contributed by atoms with E-state index < -0.39 is 31.1 Å². The summed E-state index contributed by atoms with van der Waals surface area (Å²) < 4.78 is 115. The van der Waals surface area contributed by atoms with Crippen LogP contribution in [0.4, 0.5) is 26.3 Å². The summed E-state index contributed by atoms with van der Waals surface area (Å²) in [6.07, 6.45) is 2.81. The minimum absolute atomic E-state index is 0.778. The van der Waals surface area contributed by atoms with Crippen molar-refractivity contribution in [2.24, 2.45) is 0 Å². The third-order valence-electron chi connectivity index (χ3n) is 3.26. The zero-order valence-electron chi connectivity index (χ0n) is 13.3. The quantitative estimate of drug-likeness (QED) is 0.497. The first-order chi connectivity index (χ1) is 11.0. The molecule has 152 valence electrons. The van der Waals surface area contributed by atoms with Crippen molar-refractivity contribution in [1.82, 2.24) is 0 Å². The van der Waals surface area contributed by atoms with Crippen LogP contribution in [0.2, 0.25) is 0 Å². The van der Waals surface area contributed by atoms with Crippen LogP contribution in [-0.4, -0.2) is 72.7 Å². The van der Waals surface area contributed by atoms with Gasteiger partial charge in [0.2, 0.25) is 0 Å². The van der Waals surface area contributed by atoms with Gasteiger partial charge in [-0.15, -0.1) is 0 Å². The number of alkyl halides is 6. The molecule has 1 aliphatic rings. The molecular weight excluding hydrogens is 406 g/mol. The minimum Gasteiger partial charge on any atom is -0.421 e. The summed E-state index contributed by atoms with van der Waals surface area (Å²) >= 11 is 0. The number of halogens is 6. The molecule has 0 aliphatic carbocycles. The maximum absolute atomic E-state index is 11.4. The first kappa shape index (κ1) is 24.4. The molecule has 0 aromatic heterocycles. The molecule has 0 spiro atoms. The van der Waals surface area contributed by atoms with Gasteiger partial charge in [-0.3, -0.25) is 0 Å². The van der Waals surface area contributed by atoms with Crippen molar-refractivity contribution in [2.45, 2.75) is 23.9 Å². The van der Waals surface area contributed by atoms with E-state index in [4.69, 9.17) is 4.74 Å². The van der Waals surface area contributed by atoms with E-state index in [0.29, 0.717) is 0 Å². The standard InChI is InChI=1S/C8H18NO.C2F6NO4S2/c1-9(7-8-10-2)5-3-4-6-9;3-1(4,5)14(10,11)9-15(12,13)2(6,7)8/h3-8H2,1-2H3;/q+1;-1. The Morgan fingerprint density at radius 2 is 1.28 bits per heavy atom. The van der Waals surface area contributed by atoms with E-state index in [0.717, 1.165) is 10.7 Å². The first-order valence-corrected chi connectivity index (χ1v) is 9.55. The summed E-state index contributed by atoms with van der Waals surface area (Å²) in [6.45, 7) is 4.81. The van der Waals surface area contributed by atoms with Crippen molar-refractivity contribution in [3.05, 3.63) is 4.13 Å². The maximum atomic E-state index is 11.4. The number of sulfonamides is 2. The summed E-state index contributed by atoms with van der Waals surface area (Å²) in [5, 5.41) is 0. The Kier molecular flexibility index (Phi) is 8.15. The number of methoxy groups -OCH3 is 1. The summed E-state index contributed by atoms with van der Waals surface area (Å²) in [5.41, 5.74) is -12.4. The van der Waals surface area contributed by atoms with Crippen LogP contribution in [0, 0.1) is 0 Å². The highest BCUT2D eigenvalue weighted by Gasteiger charge is 2.46. The predicted octanol–water partition coefficient (Wildman–Crippen LogP) is 1.93.